The molecular formula is C121H72N8S3. The molecule has 7 heterocycles. The third-order valence-electron chi connectivity index (χ3n) is 26.7. The maximum Gasteiger partial charge on any atom is 0.164 e. The molecule has 27 aromatic rings. The predicted molar refractivity (Wildman–Crippen MR) is 557 cm³/mol. The monoisotopic (exact) mass is 1730 g/mol. The van der Waals surface area contributed by atoms with E-state index in [0.717, 1.165) is 67.7 Å². The number of hydrogen-bond donors (Lipinski definition) is 0. The highest BCUT2D eigenvalue weighted by Gasteiger charge is 2.26. The minimum Gasteiger partial charge on any atom is -0.309 e. The van der Waals surface area contributed by atoms with E-state index in [1.807, 2.05) is 131 Å². The van der Waals surface area contributed by atoms with Gasteiger partial charge in [0.05, 0.1) is 22.1 Å². The van der Waals surface area contributed by atoms with Gasteiger partial charge < -0.3 is 9.13 Å². The van der Waals surface area contributed by atoms with Crippen LogP contribution in [0.1, 0.15) is 11.1 Å². The fourth-order valence-corrected chi connectivity index (χ4v) is 23.7. The molecule has 0 N–H and O–H groups in total. The topological polar surface area (TPSA) is 87.2 Å². The van der Waals surface area contributed by atoms with Crippen molar-refractivity contribution < 1.29 is 0 Å². The fraction of sp³-hybridized carbons (Fsp3) is 0.00826. The first-order valence-corrected chi connectivity index (χ1v) is 47.1. The normalized spacial score (nSPS) is 12.1. The van der Waals surface area contributed by atoms with Gasteiger partial charge in [-0.3, -0.25) is 0 Å². The first-order valence-electron chi connectivity index (χ1n) is 44.6. The third kappa shape index (κ3) is 12.7. The summed E-state index contributed by atoms with van der Waals surface area (Å²) in [6, 6.07) is 153. The molecule has 614 valence electrons. The summed E-state index contributed by atoms with van der Waals surface area (Å²) in [5, 5.41) is 20.2. The average molecular weight is 1730 g/mol. The quantitative estimate of drug-likeness (QED) is 0.120. The molecule has 7 aromatic heterocycles. The van der Waals surface area contributed by atoms with Gasteiger partial charge in [-0.2, -0.15) is 0 Å². The van der Waals surface area contributed by atoms with E-state index in [4.69, 9.17) is 29.9 Å². The Morgan fingerprint density at radius 2 is 0.470 bits per heavy atom. The molecule has 0 fully saturated rings. The van der Waals surface area contributed by atoms with E-state index in [1.54, 1.807) is 0 Å². The van der Waals surface area contributed by atoms with Gasteiger partial charge in [0.15, 0.2) is 34.9 Å². The highest BCUT2D eigenvalue weighted by Crippen LogP contribution is 2.49. The summed E-state index contributed by atoms with van der Waals surface area (Å²) in [5.41, 5.74) is 25.4. The van der Waals surface area contributed by atoms with Crippen LogP contribution in [0.2, 0.25) is 0 Å². The van der Waals surface area contributed by atoms with E-state index in [1.165, 1.54) is 176 Å². The van der Waals surface area contributed by atoms with Crippen molar-refractivity contribution in [3.8, 4) is 124 Å². The summed E-state index contributed by atoms with van der Waals surface area (Å²) in [5.74, 6) is 3.89. The van der Waals surface area contributed by atoms with E-state index in [0.29, 0.717) is 34.9 Å². The maximum absolute atomic E-state index is 5.12. The lowest BCUT2D eigenvalue weighted by Crippen LogP contribution is -2.00. The van der Waals surface area contributed by atoms with Gasteiger partial charge in [-0.15, -0.1) is 34.0 Å². The van der Waals surface area contributed by atoms with E-state index < -0.39 is 0 Å². The lowest BCUT2D eigenvalue weighted by atomic mass is 9.93. The molecule has 1 aliphatic carbocycles. The van der Waals surface area contributed by atoms with Crippen molar-refractivity contribution in [3.63, 3.8) is 0 Å². The molecule has 0 bridgehead atoms. The number of para-hydroxylation sites is 2. The second-order valence-electron chi connectivity index (χ2n) is 34.3. The molecule has 0 aliphatic heterocycles. The van der Waals surface area contributed by atoms with Crippen molar-refractivity contribution in [2.75, 3.05) is 0 Å². The molecule has 1 aliphatic rings. The molecule has 0 radical (unpaired) electrons. The van der Waals surface area contributed by atoms with Crippen LogP contribution in [0.15, 0.2) is 425 Å². The van der Waals surface area contributed by atoms with Crippen molar-refractivity contribution in [1.29, 1.82) is 0 Å². The van der Waals surface area contributed by atoms with Crippen LogP contribution in [0.3, 0.4) is 0 Å². The molecule has 0 atom stereocenters. The SMILES string of the molecule is c1ccc(-c2nc(-c3ccccc3)nc(-c3ccc(-c4ccc(-n5c6ccccc6c6cc(-c7ccc8c(c7)-c7cc9sc%10ccccc%10c9cc7C8)ccc65)cc4)cc3)n2)cc1.c1ccc(-c2nc(-c3ccccc3)nc(-c3ccc4c5ccccc5c5ccc(-n6c7ccccc7c7cc(-c8ccc9sc%10cc%11c(cc%10c9c8)sc8ccccc8%11)ccc76)cc5c4c3)n2)cc1. The van der Waals surface area contributed by atoms with Gasteiger partial charge in [0.2, 0.25) is 0 Å². The molecule has 11 heteroatoms. The van der Waals surface area contributed by atoms with Crippen LogP contribution in [-0.4, -0.2) is 39.0 Å². The average Bonchev–Trinajstić information content (AvgIpc) is 1.38. The Labute approximate surface area is 769 Å². The van der Waals surface area contributed by atoms with Crippen molar-refractivity contribution in [2.24, 2.45) is 0 Å². The summed E-state index contributed by atoms with van der Waals surface area (Å²) in [4.78, 5) is 29.9. The van der Waals surface area contributed by atoms with Gasteiger partial charge in [-0.1, -0.05) is 303 Å². The number of hydrogen-bond acceptors (Lipinski definition) is 9. The number of thiophene rings is 3. The van der Waals surface area contributed by atoms with Crippen LogP contribution in [-0.2, 0) is 6.42 Å². The maximum atomic E-state index is 5.12. The molecule has 0 spiro atoms. The number of fused-ring (bicyclic) bond motifs is 24. The first kappa shape index (κ1) is 75.6. The van der Waals surface area contributed by atoms with Crippen molar-refractivity contribution in [1.82, 2.24) is 39.0 Å². The molecule has 8 nitrogen and oxygen atoms in total. The van der Waals surface area contributed by atoms with Gasteiger partial charge in [0.1, 0.15) is 0 Å². The third-order valence-corrected chi connectivity index (χ3v) is 30.1. The predicted octanol–water partition coefficient (Wildman–Crippen LogP) is 33.1. The van der Waals surface area contributed by atoms with Crippen LogP contribution in [0, 0.1) is 0 Å². The molecule has 20 aromatic carbocycles. The van der Waals surface area contributed by atoms with Crippen molar-refractivity contribution >= 4 is 170 Å². The first-order chi connectivity index (χ1) is 65.3. The van der Waals surface area contributed by atoms with Crippen LogP contribution >= 0.6 is 34.0 Å². The zero-order valence-corrected chi connectivity index (χ0v) is 73.4. The Balaban J connectivity index is 0.000000136. The lowest BCUT2D eigenvalue weighted by Gasteiger charge is -2.15. The molecule has 132 heavy (non-hydrogen) atoms. The van der Waals surface area contributed by atoms with Crippen molar-refractivity contribution in [2.45, 2.75) is 6.42 Å². The largest absolute Gasteiger partial charge is 0.309 e. The second kappa shape index (κ2) is 30.6. The molecular weight excluding hydrogens is 1660 g/mol. The van der Waals surface area contributed by atoms with Crippen LogP contribution in [0.25, 0.3) is 261 Å². The van der Waals surface area contributed by atoms with E-state index in [-0.39, 0.29) is 0 Å². The van der Waals surface area contributed by atoms with Gasteiger partial charge in [0, 0.05) is 127 Å². The summed E-state index contributed by atoms with van der Waals surface area (Å²) >= 11 is 5.67. The molecule has 0 amide bonds. The summed E-state index contributed by atoms with van der Waals surface area (Å²) in [6.07, 6.45) is 0.980. The number of nitrogens with zero attached hydrogens (tertiary/aromatic N) is 8. The fourth-order valence-electron chi connectivity index (χ4n) is 20.3. The standard InChI is InChI=1S/C63H36N4S2.C58H36N4S/c1-3-13-37(14-4-1)61-64-62(38-15-5-2-6-16-38)66-63(65-61)41-23-27-45-43-17-7-8-18-44(43)46-28-26-42(34-50(46)49(45)33-41)67-55-21-11-9-19-47(55)51-31-39(24-29-56(51)67)40-25-30-58-52(32-40)54-36-59-53(35-60(54)69-58)48-20-10-12-22-57(48)68-59;1-3-11-38(12-4-1)56-59-57(39-13-5-2-6-14-39)61-58(60-56)40-21-19-36(20-22-40)37-25-28-45(29-26-37)62-52-17-9-7-15-46(52)50-33-42(27-30-53(50)62)41-23-24-43-31-44-34-51-47-16-8-10-18-54(47)63-55(51)35-49(44)48(43)32-41/h1-36H;1-30,32-35H,31H2. The Hall–Kier alpha value is -16.5. The van der Waals surface area contributed by atoms with Gasteiger partial charge in [0.25, 0.3) is 0 Å². The molecule has 0 saturated heterocycles. The lowest BCUT2D eigenvalue weighted by molar-refractivity contribution is 1.07. The van der Waals surface area contributed by atoms with Gasteiger partial charge in [-0.25, -0.2) is 29.9 Å². The van der Waals surface area contributed by atoms with Crippen LogP contribution in [0.5, 0.6) is 0 Å². The molecule has 28 rings (SSSR count). The van der Waals surface area contributed by atoms with Crippen LogP contribution < -0.4 is 0 Å². The minimum atomic E-state index is 0.639. The van der Waals surface area contributed by atoms with E-state index in [9.17, 15) is 0 Å². The van der Waals surface area contributed by atoms with Gasteiger partial charge in [-0.05, 0) is 216 Å². The Bertz CT molecular complexity index is 9310. The minimum absolute atomic E-state index is 0.639. The smallest absolute Gasteiger partial charge is 0.164 e. The number of rotatable bonds is 11. The number of benzene rings is 20. The number of aromatic nitrogens is 8. The molecule has 0 unspecified atom stereocenters. The van der Waals surface area contributed by atoms with E-state index in [2.05, 4.69) is 337 Å². The highest BCUT2D eigenvalue weighted by atomic mass is 32.1. The molecule has 0 saturated carbocycles. The second-order valence-corrected chi connectivity index (χ2v) is 37.6. The summed E-state index contributed by atoms with van der Waals surface area (Å²) in [6.45, 7) is 0. The zero-order valence-electron chi connectivity index (χ0n) is 70.9. The zero-order chi connectivity index (χ0) is 86.6. The Morgan fingerprint density at radius 1 is 0.159 bits per heavy atom. The summed E-state index contributed by atoms with van der Waals surface area (Å²) < 4.78 is 12.9. The summed E-state index contributed by atoms with van der Waals surface area (Å²) in [7, 11) is 0. The van der Waals surface area contributed by atoms with Crippen LogP contribution in [0.4, 0.5) is 0 Å². The Kier molecular flexibility index (Phi) is 17.5. The Morgan fingerprint density at radius 3 is 0.992 bits per heavy atom. The van der Waals surface area contributed by atoms with E-state index >= 15 is 0 Å². The van der Waals surface area contributed by atoms with Gasteiger partial charge >= 0.3 is 0 Å². The van der Waals surface area contributed by atoms with Crippen molar-refractivity contribution in [3.05, 3.63) is 436 Å². The highest BCUT2D eigenvalue weighted by molar-refractivity contribution is 7.27.